The molecule has 0 atom stereocenters. The van der Waals surface area contributed by atoms with Gasteiger partial charge in [-0.2, -0.15) is 0 Å². The van der Waals surface area contributed by atoms with Crippen molar-refractivity contribution in [2.45, 2.75) is 67.2 Å². The Balaban J connectivity index is 1.000. The van der Waals surface area contributed by atoms with Crippen LogP contribution in [0.4, 0.5) is 34.1 Å². The van der Waals surface area contributed by atoms with Crippen LogP contribution in [-0.4, -0.2) is 0 Å². The van der Waals surface area contributed by atoms with Crippen LogP contribution >= 0.6 is 0 Å². The summed E-state index contributed by atoms with van der Waals surface area (Å²) in [5, 5.41) is 8.95. The van der Waals surface area contributed by atoms with Gasteiger partial charge in [0.1, 0.15) is 22.3 Å². The molecule has 0 saturated heterocycles. The van der Waals surface area contributed by atoms with Crippen LogP contribution < -0.4 is 9.80 Å². The zero-order chi connectivity index (χ0) is 44.0. The lowest BCUT2D eigenvalue weighted by molar-refractivity contribution is 0.656. The Morgan fingerprint density at radius 1 is 0.328 bits per heavy atom. The Bertz CT molecular complexity index is 3400. The topological polar surface area (TPSA) is 32.8 Å². The first-order valence-electron chi connectivity index (χ1n) is 22.6. The molecule has 4 nitrogen and oxygen atoms in total. The Morgan fingerprint density at radius 3 is 1.12 bits per heavy atom. The molecule has 64 heavy (non-hydrogen) atoms. The van der Waals surface area contributed by atoms with E-state index in [1.165, 1.54) is 66.9 Å². The van der Waals surface area contributed by atoms with E-state index in [-0.39, 0.29) is 0 Å². The number of benzene rings is 9. The van der Waals surface area contributed by atoms with E-state index in [4.69, 9.17) is 8.83 Å². The highest BCUT2D eigenvalue weighted by Gasteiger charge is 2.21. The van der Waals surface area contributed by atoms with Crippen LogP contribution in [0.5, 0.6) is 0 Å². The largest absolute Gasteiger partial charge is 0.456 e. The molecule has 0 amide bonds. The minimum Gasteiger partial charge on any atom is -0.456 e. The fraction of sp³-hybridized carbons (Fsp3) is 0.167. The zero-order valence-corrected chi connectivity index (χ0v) is 37.9. The predicted molar refractivity (Wildman–Crippen MR) is 273 cm³/mol. The number of fused-ring (bicyclic) bond motifs is 8. The Labute approximate surface area is 375 Å². The maximum atomic E-state index is 6.67. The van der Waals surface area contributed by atoms with Crippen molar-refractivity contribution in [2.24, 2.45) is 0 Å². The van der Waals surface area contributed by atoms with E-state index in [1.807, 2.05) is 0 Å². The SMILES string of the molecule is Cc1ccccc1N(c1ccc2cc3c(cc2c1)oc1cc2oc4cc5cc(N(c6ccccc6C)c6ccc(C(C)C)cc6C)ccc5cc4c2cc13)c1ccc(C(C)C)cc1C. The lowest BCUT2D eigenvalue weighted by atomic mass is 9.98. The number of para-hydroxylation sites is 2. The van der Waals surface area contributed by atoms with Gasteiger partial charge in [0, 0.05) is 61.7 Å². The van der Waals surface area contributed by atoms with Gasteiger partial charge in [-0.05, 0) is 173 Å². The lowest BCUT2D eigenvalue weighted by Gasteiger charge is -2.29. The smallest absolute Gasteiger partial charge is 0.139 e. The first kappa shape index (κ1) is 39.5. The molecule has 11 rings (SSSR count). The molecule has 11 aromatic rings. The third kappa shape index (κ3) is 6.59. The van der Waals surface area contributed by atoms with Gasteiger partial charge in [-0.15, -0.1) is 0 Å². The van der Waals surface area contributed by atoms with Crippen LogP contribution in [0.15, 0.2) is 167 Å². The average molecular weight is 833 g/mol. The molecule has 0 saturated carbocycles. The second kappa shape index (κ2) is 15.2. The fourth-order valence-electron chi connectivity index (χ4n) is 9.81. The normalized spacial score (nSPS) is 12.0. The van der Waals surface area contributed by atoms with E-state index < -0.39 is 0 Å². The van der Waals surface area contributed by atoms with Crippen molar-refractivity contribution in [3.05, 3.63) is 191 Å². The van der Waals surface area contributed by atoms with Crippen molar-refractivity contribution >= 4 is 99.5 Å². The molecule has 0 bridgehead atoms. The number of nitrogens with zero attached hydrogens (tertiary/aromatic N) is 2. The van der Waals surface area contributed by atoms with Crippen LogP contribution in [0, 0.1) is 27.7 Å². The number of aryl methyl sites for hydroxylation is 4. The minimum absolute atomic E-state index is 0.466. The van der Waals surface area contributed by atoms with Crippen molar-refractivity contribution in [3.63, 3.8) is 0 Å². The Morgan fingerprint density at radius 2 is 0.719 bits per heavy atom. The molecule has 0 radical (unpaired) electrons. The molecule has 0 aliphatic heterocycles. The van der Waals surface area contributed by atoms with E-state index in [0.717, 1.165) is 66.0 Å². The predicted octanol–water partition coefficient (Wildman–Crippen LogP) is 18.2. The highest BCUT2D eigenvalue weighted by Crippen LogP contribution is 2.45. The summed E-state index contributed by atoms with van der Waals surface area (Å²) in [5.74, 6) is 0.931. The monoisotopic (exact) mass is 832 g/mol. The summed E-state index contributed by atoms with van der Waals surface area (Å²) in [7, 11) is 0. The fourth-order valence-corrected chi connectivity index (χ4v) is 9.81. The Hall–Kier alpha value is -7.30. The van der Waals surface area contributed by atoms with Gasteiger partial charge >= 0.3 is 0 Å². The highest BCUT2D eigenvalue weighted by atomic mass is 16.3. The van der Waals surface area contributed by atoms with E-state index >= 15 is 0 Å². The van der Waals surface area contributed by atoms with Gasteiger partial charge in [0.15, 0.2) is 0 Å². The van der Waals surface area contributed by atoms with E-state index in [0.29, 0.717) is 11.8 Å². The second-order valence-electron chi connectivity index (χ2n) is 18.5. The molecule has 0 fully saturated rings. The van der Waals surface area contributed by atoms with E-state index in [1.54, 1.807) is 0 Å². The van der Waals surface area contributed by atoms with Crippen molar-refractivity contribution in [1.29, 1.82) is 0 Å². The van der Waals surface area contributed by atoms with Gasteiger partial charge < -0.3 is 18.6 Å². The number of rotatable bonds is 8. The number of hydrogen-bond acceptors (Lipinski definition) is 4. The molecule has 2 heterocycles. The second-order valence-corrected chi connectivity index (χ2v) is 18.5. The van der Waals surface area contributed by atoms with Gasteiger partial charge in [-0.3, -0.25) is 0 Å². The van der Waals surface area contributed by atoms with Crippen LogP contribution in [0.3, 0.4) is 0 Å². The van der Waals surface area contributed by atoms with Gasteiger partial charge in [0.2, 0.25) is 0 Å². The molecule has 0 aliphatic rings. The molecule has 0 N–H and O–H groups in total. The summed E-state index contributed by atoms with van der Waals surface area (Å²) in [4.78, 5) is 4.79. The minimum atomic E-state index is 0.466. The third-order valence-corrected chi connectivity index (χ3v) is 13.4. The Kier molecular flexibility index (Phi) is 9.39. The zero-order valence-electron chi connectivity index (χ0n) is 37.9. The van der Waals surface area contributed by atoms with Crippen molar-refractivity contribution in [2.75, 3.05) is 9.80 Å². The molecule has 4 heteroatoms. The van der Waals surface area contributed by atoms with Crippen molar-refractivity contribution < 1.29 is 8.83 Å². The summed E-state index contributed by atoms with van der Waals surface area (Å²) in [6.07, 6.45) is 0. The van der Waals surface area contributed by atoms with Crippen molar-refractivity contribution in [1.82, 2.24) is 0 Å². The van der Waals surface area contributed by atoms with Crippen LogP contribution in [0.2, 0.25) is 0 Å². The molecule has 2 aromatic heterocycles. The number of furan rings is 2. The molecule has 0 unspecified atom stereocenters. The maximum Gasteiger partial charge on any atom is 0.139 e. The first-order valence-corrected chi connectivity index (χ1v) is 22.6. The van der Waals surface area contributed by atoms with Crippen molar-refractivity contribution in [3.8, 4) is 0 Å². The summed E-state index contributed by atoms with van der Waals surface area (Å²) >= 11 is 0. The molecular formula is C60H52N2O2. The molecular weight excluding hydrogens is 781 g/mol. The van der Waals surface area contributed by atoms with Gasteiger partial charge in [-0.1, -0.05) is 100 Å². The molecule has 9 aromatic carbocycles. The summed E-state index contributed by atoms with van der Waals surface area (Å²) < 4.78 is 13.3. The highest BCUT2D eigenvalue weighted by molar-refractivity contribution is 6.18. The van der Waals surface area contributed by atoms with Crippen LogP contribution in [0.1, 0.15) is 72.9 Å². The van der Waals surface area contributed by atoms with E-state index in [9.17, 15) is 0 Å². The van der Waals surface area contributed by atoms with Gasteiger partial charge in [0.25, 0.3) is 0 Å². The molecule has 0 spiro atoms. The van der Waals surface area contributed by atoms with Gasteiger partial charge in [0.05, 0.1) is 0 Å². The summed E-state index contributed by atoms with van der Waals surface area (Å²) in [6, 6.07) is 57.9. The standard InChI is InChI=1S/C60H52N2O2/c1-35(2)41-19-23-55(39(7)25-41)61(53-15-11-9-13-37(53)5)47-21-17-43-29-49-51-33-52-50-30-44-18-22-48(28-46(44)32-58(50)64-60(52)34-59(51)63-57(49)31-45(43)27-47)62(54-16-12-10-14-38(54)6)56-24-20-42(36(3)4)26-40(56)8/h9-36H,1-8H3. The summed E-state index contributed by atoms with van der Waals surface area (Å²) in [6.45, 7) is 17.8. The average Bonchev–Trinajstić information content (AvgIpc) is 3.81. The van der Waals surface area contributed by atoms with E-state index in [2.05, 4.69) is 223 Å². The van der Waals surface area contributed by atoms with Crippen LogP contribution in [0.25, 0.3) is 65.4 Å². The molecule has 314 valence electrons. The number of hydrogen-bond donors (Lipinski definition) is 0. The summed E-state index contributed by atoms with van der Waals surface area (Å²) in [5.41, 5.74) is 17.9. The maximum absolute atomic E-state index is 6.67. The third-order valence-electron chi connectivity index (χ3n) is 13.4. The first-order chi connectivity index (χ1) is 31.0. The lowest BCUT2D eigenvalue weighted by Crippen LogP contribution is -2.13. The van der Waals surface area contributed by atoms with Gasteiger partial charge in [-0.25, -0.2) is 0 Å². The number of anilines is 6. The van der Waals surface area contributed by atoms with Crippen LogP contribution in [-0.2, 0) is 0 Å². The quantitative estimate of drug-likeness (QED) is 0.153. The molecule has 0 aliphatic carbocycles.